The van der Waals surface area contributed by atoms with E-state index in [4.69, 9.17) is 18.9 Å². The molecule has 0 fully saturated rings. The minimum Gasteiger partial charge on any atom is -0.432 e. The van der Waals surface area contributed by atoms with Crippen molar-refractivity contribution in [2.45, 2.75) is 26.1 Å². The maximum absolute atomic E-state index is 13.8. The molecule has 0 saturated heterocycles. The van der Waals surface area contributed by atoms with E-state index >= 15 is 0 Å². The van der Waals surface area contributed by atoms with Crippen molar-refractivity contribution in [2.24, 2.45) is 0 Å². The van der Waals surface area contributed by atoms with Crippen molar-refractivity contribution in [3.05, 3.63) is 63.8 Å². The smallest absolute Gasteiger partial charge is 0.432 e. The SMILES string of the molecule is CC(C)OC(=O)OCOP(=O)(Cc1ccc2sc(C(=O)Oc3c(F)c(F)c(F)c(F)c3F)cc2c1)OCO. The number of esters is 1. The van der Waals surface area contributed by atoms with Crippen molar-refractivity contribution >= 4 is 41.1 Å². The normalized spacial score (nSPS) is 13.0. The predicted molar refractivity (Wildman–Crippen MR) is 121 cm³/mol. The first kappa shape index (κ1) is 29.5. The molecule has 9 nitrogen and oxygen atoms in total. The van der Waals surface area contributed by atoms with Crippen LogP contribution >= 0.6 is 18.9 Å². The summed E-state index contributed by atoms with van der Waals surface area (Å²) in [6.07, 6.45) is -1.97. The zero-order valence-corrected chi connectivity index (χ0v) is 21.2. The molecule has 0 aliphatic rings. The Labute approximate surface area is 215 Å². The van der Waals surface area contributed by atoms with Gasteiger partial charge in [0.2, 0.25) is 41.6 Å². The first-order valence-electron chi connectivity index (χ1n) is 10.4. The summed E-state index contributed by atoms with van der Waals surface area (Å²) in [7, 11) is -4.05. The average Bonchev–Trinajstić information content (AvgIpc) is 3.27. The standard InChI is InChI=1S/C22H18F5O9PS/c1-10(2)35-22(30)32-9-34-37(31,33-8-28)7-11-3-4-13-12(5-11)6-14(38-13)21(29)36-20-18(26)16(24)15(23)17(25)19(20)27/h3-6,10,28H,7-9H2,1-2H3. The summed E-state index contributed by atoms with van der Waals surface area (Å²) < 4.78 is 105. The number of aliphatic hydroxyl groups is 1. The maximum Gasteiger partial charge on any atom is 0.510 e. The highest BCUT2D eigenvalue weighted by Crippen LogP contribution is 2.51. The number of hydrogen-bond donors (Lipinski definition) is 1. The number of halogens is 5. The number of aliphatic hydroxyl groups excluding tert-OH is 1. The summed E-state index contributed by atoms with van der Waals surface area (Å²) in [5.74, 6) is -14.7. The van der Waals surface area contributed by atoms with Gasteiger partial charge in [-0.1, -0.05) is 6.07 Å². The molecule has 16 heteroatoms. The molecule has 1 N–H and O–H groups in total. The molecule has 0 amide bonds. The van der Waals surface area contributed by atoms with E-state index in [1.165, 1.54) is 24.3 Å². The zero-order valence-electron chi connectivity index (χ0n) is 19.5. The molecule has 38 heavy (non-hydrogen) atoms. The number of carbonyl (C=O) groups is 2. The third kappa shape index (κ3) is 6.85. The van der Waals surface area contributed by atoms with Gasteiger partial charge in [0.1, 0.15) is 4.88 Å². The first-order valence-corrected chi connectivity index (χ1v) is 13.0. The van der Waals surface area contributed by atoms with Crippen molar-refractivity contribution < 1.29 is 64.5 Å². The molecule has 0 bridgehead atoms. The second kappa shape index (κ2) is 12.2. The van der Waals surface area contributed by atoms with Gasteiger partial charge in [-0.25, -0.2) is 22.8 Å². The highest BCUT2D eigenvalue weighted by Gasteiger charge is 2.30. The number of rotatable bonds is 10. The lowest BCUT2D eigenvalue weighted by Gasteiger charge is -2.17. The molecule has 2 aromatic carbocycles. The molecular formula is C22H18F5O9PS. The van der Waals surface area contributed by atoms with Crippen molar-refractivity contribution in [3.63, 3.8) is 0 Å². The van der Waals surface area contributed by atoms with Gasteiger partial charge in [-0.2, -0.15) is 8.78 Å². The van der Waals surface area contributed by atoms with Crippen LogP contribution in [0, 0.1) is 29.1 Å². The fourth-order valence-electron chi connectivity index (χ4n) is 2.93. The number of thiophene rings is 1. The van der Waals surface area contributed by atoms with Gasteiger partial charge in [-0.05, 0) is 43.0 Å². The molecule has 206 valence electrons. The molecular weight excluding hydrogens is 566 g/mol. The van der Waals surface area contributed by atoms with E-state index in [0.717, 1.165) is 11.3 Å². The van der Waals surface area contributed by atoms with Crippen LogP contribution < -0.4 is 4.74 Å². The lowest BCUT2D eigenvalue weighted by Crippen LogP contribution is -2.15. The second-order valence-electron chi connectivity index (χ2n) is 7.61. The van der Waals surface area contributed by atoms with Gasteiger partial charge < -0.3 is 19.3 Å². The number of carbonyl (C=O) groups excluding carboxylic acids is 2. The summed E-state index contributed by atoms with van der Waals surface area (Å²) in [4.78, 5) is 23.6. The third-order valence-corrected chi connectivity index (χ3v) is 7.39. The van der Waals surface area contributed by atoms with E-state index in [0.29, 0.717) is 15.6 Å². The Hall–Kier alpha value is -3.10. The van der Waals surface area contributed by atoms with E-state index < -0.39 is 80.4 Å². The Morgan fingerprint density at radius 1 is 0.974 bits per heavy atom. The highest BCUT2D eigenvalue weighted by molar-refractivity contribution is 7.53. The molecule has 0 saturated carbocycles. The topological polar surface area (TPSA) is 118 Å². The van der Waals surface area contributed by atoms with Crippen LogP contribution in [-0.2, 0) is 29.2 Å². The Balaban J connectivity index is 1.77. The van der Waals surface area contributed by atoms with Gasteiger partial charge >= 0.3 is 19.7 Å². The molecule has 0 aliphatic heterocycles. The van der Waals surface area contributed by atoms with E-state index in [2.05, 4.69) is 9.47 Å². The summed E-state index contributed by atoms with van der Waals surface area (Å²) in [6, 6.07) is 5.58. The Bertz CT molecular complexity index is 1380. The summed E-state index contributed by atoms with van der Waals surface area (Å²) in [5, 5.41) is 9.43. The minimum atomic E-state index is -4.05. The van der Waals surface area contributed by atoms with Crippen LogP contribution in [0.2, 0.25) is 0 Å². The summed E-state index contributed by atoms with van der Waals surface area (Å²) in [5.41, 5.74) is 0.316. The van der Waals surface area contributed by atoms with Crippen LogP contribution in [0.15, 0.2) is 24.3 Å². The Morgan fingerprint density at radius 2 is 1.61 bits per heavy atom. The largest absolute Gasteiger partial charge is 0.510 e. The van der Waals surface area contributed by atoms with Crippen LogP contribution in [0.4, 0.5) is 26.7 Å². The molecule has 0 radical (unpaired) electrons. The lowest BCUT2D eigenvalue weighted by atomic mass is 10.2. The quantitative estimate of drug-likeness (QED) is 0.0581. The van der Waals surface area contributed by atoms with Crippen LogP contribution in [0.1, 0.15) is 29.1 Å². The molecule has 1 unspecified atom stereocenters. The molecule has 1 aromatic heterocycles. The van der Waals surface area contributed by atoms with E-state index in [1.54, 1.807) is 13.8 Å². The first-order chi connectivity index (χ1) is 17.8. The van der Waals surface area contributed by atoms with Gasteiger partial charge in [-0.3, -0.25) is 13.6 Å². The molecule has 3 aromatic rings. The monoisotopic (exact) mass is 584 g/mol. The van der Waals surface area contributed by atoms with Gasteiger partial charge in [0.25, 0.3) is 0 Å². The van der Waals surface area contributed by atoms with Crippen LogP contribution in [0.5, 0.6) is 5.75 Å². The van der Waals surface area contributed by atoms with Gasteiger partial charge in [0.15, 0.2) is 6.79 Å². The van der Waals surface area contributed by atoms with Crippen molar-refractivity contribution in [3.8, 4) is 5.75 Å². The number of hydrogen-bond acceptors (Lipinski definition) is 10. The lowest BCUT2D eigenvalue weighted by molar-refractivity contribution is -0.0182. The number of ether oxygens (including phenoxy) is 3. The average molecular weight is 584 g/mol. The van der Waals surface area contributed by atoms with E-state index in [-0.39, 0.29) is 4.88 Å². The zero-order chi connectivity index (χ0) is 28.2. The van der Waals surface area contributed by atoms with Crippen LogP contribution in [0.25, 0.3) is 10.1 Å². The minimum absolute atomic E-state index is 0.246. The number of fused-ring (bicyclic) bond motifs is 1. The maximum atomic E-state index is 13.8. The van der Waals surface area contributed by atoms with Crippen LogP contribution in [-0.4, -0.2) is 36.9 Å². The molecule has 0 spiro atoms. The van der Waals surface area contributed by atoms with Gasteiger partial charge in [-0.15, -0.1) is 11.3 Å². The predicted octanol–water partition coefficient (Wildman–Crippen LogP) is 6.01. The summed E-state index contributed by atoms with van der Waals surface area (Å²) in [6.45, 7) is 1.36. The van der Waals surface area contributed by atoms with Crippen LogP contribution in [0.3, 0.4) is 0 Å². The number of benzene rings is 2. The summed E-state index contributed by atoms with van der Waals surface area (Å²) >= 11 is 0.783. The van der Waals surface area contributed by atoms with Crippen molar-refractivity contribution in [1.29, 1.82) is 0 Å². The van der Waals surface area contributed by atoms with Crippen molar-refractivity contribution in [2.75, 3.05) is 13.6 Å². The third-order valence-electron chi connectivity index (χ3n) is 4.53. The van der Waals surface area contributed by atoms with E-state index in [1.807, 2.05) is 0 Å². The Morgan fingerprint density at radius 3 is 2.21 bits per heavy atom. The Kier molecular flexibility index (Phi) is 9.44. The van der Waals surface area contributed by atoms with Gasteiger partial charge in [0.05, 0.1) is 12.3 Å². The van der Waals surface area contributed by atoms with E-state index in [9.17, 15) is 36.1 Å². The molecule has 3 rings (SSSR count). The fourth-order valence-corrected chi connectivity index (χ4v) is 5.14. The molecule has 0 aliphatic carbocycles. The van der Waals surface area contributed by atoms with Crippen molar-refractivity contribution in [1.82, 2.24) is 0 Å². The molecule has 1 heterocycles. The van der Waals surface area contributed by atoms with Gasteiger partial charge in [0, 0.05) is 4.70 Å². The second-order valence-corrected chi connectivity index (χ2v) is 10.7. The molecule has 1 atom stereocenters. The highest BCUT2D eigenvalue weighted by atomic mass is 32.1. The fraction of sp³-hybridized carbons (Fsp3) is 0.273.